The third-order valence-electron chi connectivity index (χ3n) is 3.98. The van der Waals surface area contributed by atoms with Crippen molar-refractivity contribution in [3.05, 3.63) is 77.9 Å². The molecule has 6 heteroatoms. The average molecular weight is 352 g/mol. The Labute approximate surface area is 151 Å². The Kier molecular flexibility index (Phi) is 5.66. The molecule has 1 heterocycles. The van der Waals surface area contributed by atoms with E-state index in [4.69, 9.17) is 9.57 Å². The molecule has 0 aliphatic carbocycles. The van der Waals surface area contributed by atoms with Crippen LogP contribution in [-0.2, 0) is 16.2 Å². The molecule has 3 rings (SSSR count). The lowest BCUT2D eigenvalue weighted by Crippen LogP contribution is -2.39. The standard InChI is InChI=1S/C20H20N2O4/c1-2-11-25-17-10-6-9-15-18(17)16(12-21-19(15)20(23)24)22-26-13-14-7-4-3-5-8-14/h2-10,19,21H,1,11-13H2,(H,23,24). The number of aliphatic carboxylic acids is 1. The van der Waals surface area contributed by atoms with E-state index < -0.39 is 12.0 Å². The number of rotatable bonds is 7. The van der Waals surface area contributed by atoms with Crippen LogP contribution in [0.15, 0.2) is 66.3 Å². The maximum atomic E-state index is 11.6. The van der Waals surface area contributed by atoms with Crippen LogP contribution in [0, 0.1) is 0 Å². The molecule has 1 atom stereocenters. The van der Waals surface area contributed by atoms with Crippen LogP contribution in [0.2, 0.25) is 0 Å². The molecule has 0 radical (unpaired) electrons. The minimum Gasteiger partial charge on any atom is -0.489 e. The quantitative estimate of drug-likeness (QED) is 0.592. The number of fused-ring (bicyclic) bond motifs is 1. The van der Waals surface area contributed by atoms with Gasteiger partial charge >= 0.3 is 5.97 Å². The Hall–Kier alpha value is -3.12. The van der Waals surface area contributed by atoms with Gasteiger partial charge in [0.25, 0.3) is 0 Å². The third-order valence-corrected chi connectivity index (χ3v) is 3.98. The van der Waals surface area contributed by atoms with Gasteiger partial charge in [-0.15, -0.1) is 0 Å². The van der Waals surface area contributed by atoms with Crippen molar-refractivity contribution >= 4 is 11.7 Å². The van der Waals surface area contributed by atoms with Gasteiger partial charge in [0.15, 0.2) is 0 Å². The summed E-state index contributed by atoms with van der Waals surface area (Å²) in [5.41, 5.74) is 2.87. The summed E-state index contributed by atoms with van der Waals surface area (Å²) in [4.78, 5) is 17.1. The van der Waals surface area contributed by atoms with Gasteiger partial charge in [0.1, 0.15) is 30.7 Å². The van der Waals surface area contributed by atoms with Crippen LogP contribution in [0.25, 0.3) is 0 Å². The van der Waals surface area contributed by atoms with Crippen molar-refractivity contribution in [3.8, 4) is 5.75 Å². The number of oxime groups is 1. The monoisotopic (exact) mass is 352 g/mol. The van der Waals surface area contributed by atoms with E-state index in [1.807, 2.05) is 30.3 Å². The summed E-state index contributed by atoms with van der Waals surface area (Å²) in [7, 11) is 0. The van der Waals surface area contributed by atoms with E-state index in [-0.39, 0.29) is 6.54 Å². The van der Waals surface area contributed by atoms with Crippen molar-refractivity contribution in [3.63, 3.8) is 0 Å². The average Bonchev–Trinajstić information content (AvgIpc) is 2.66. The molecule has 0 fully saturated rings. The minimum absolute atomic E-state index is 0.271. The predicted octanol–water partition coefficient (Wildman–Crippen LogP) is 2.90. The van der Waals surface area contributed by atoms with Gasteiger partial charge in [0.2, 0.25) is 0 Å². The first-order valence-electron chi connectivity index (χ1n) is 8.26. The van der Waals surface area contributed by atoms with E-state index in [9.17, 15) is 9.90 Å². The second-order valence-electron chi connectivity index (χ2n) is 5.77. The van der Waals surface area contributed by atoms with Crippen molar-refractivity contribution in [1.29, 1.82) is 0 Å². The normalized spacial score (nSPS) is 17.4. The van der Waals surface area contributed by atoms with Crippen LogP contribution in [-0.4, -0.2) is 29.9 Å². The minimum atomic E-state index is -0.948. The summed E-state index contributed by atoms with van der Waals surface area (Å²) in [6.07, 6.45) is 1.64. The van der Waals surface area contributed by atoms with E-state index in [1.54, 1.807) is 24.3 Å². The number of nitrogens with one attached hydrogen (secondary N) is 1. The van der Waals surface area contributed by atoms with Gasteiger partial charge < -0.3 is 14.7 Å². The summed E-state index contributed by atoms with van der Waals surface area (Å²) < 4.78 is 5.70. The first-order valence-corrected chi connectivity index (χ1v) is 8.26. The van der Waals surface area contributed by atoms with E-state index in [0.717, 1.165) is 5.56 Å². The topological polar surface area (TPSA) is 80.2 Å². The van der Waals surface area contributed by atoms with E-state index >= 15 is 0 Å². The van der Waals surface area contributed by atoms with Gasteiger partial charge in [0.05, 0.1) is 0 Å². The molecule has 1 aliphatic heterocycles. The van der Waals surface area contributed by atoms with Gasteiger partial charge in [0, 0.05) is 12.1 Å². The Morgan fingerprint density at radius 2 is 2.08 bits per heavy atom. The third kappa shape index (κ3) is 3.92. The fourth-order valence-corrected chi connectivity index (χ4v) is 2.82. The van der Waals surface area contributed by atoms with Crippen LogP contribution in [0.5, 0.6) is 5.75 Å². The second-order valence-corrected chi connectivity index (χ2v) is 5.77. The number of benzene rings is 2. The number of ether oxygens (including phenoxy) is 1. The molecule has 0 amide bonds. The predicted molar refractivity (Wildman–Crippen MR) is 98.3 cm³/mol. The zero-order valence-electron chi connectivity index (χ0n) is 14.2. The fourth-order valence-electron chi connectivity index (χ4n) is 2.82. The van der Waals surface area contributed by atoms with Gasteiger partial charge in [-0.1, -0.05) is 60.3 Å². The van der Waals surface area contributed by atoms with Crippen LogP contribution >= 0.6 is 0 Å². The molecule has 1 aliphatic rings. The Morgan fingerprint density at radius 3 is 2.81 bits per heavy atom. The molecular formula is C20H20N2O4. The number of carboxylic acids is 1. The number of nitrogens with zero attached hydrogens (tertiary/aromatic N) is 1. The Balaban J connectivity index is 1.90. The summed E-state index contributed by atoms with van der Waals surface area (Å²) >= 11 is 0. The molecule has 134 valence electrons. The lowest BCUT2D eigenvalue weighted by atomic mass is 9.92. The smallest absolute Gasteiger partial charge is 0.325 e. The van der Waals surface area contributed by atoms with Gasteiger partial charge in [-0.3, -0.25) is 10.1 Å². The molecule has 0 saturated heterocycles. The highest BCUT2D eigenvalue weighted by Crippen LogP contribution is 2.31. The number of carbonyl (C=O) groups is 1. The molecule has 26 heavy (non-hydrogen) atoms. The van der Waals surface area contributed by atoms with E-state index in [2.05, 4.69) is 17.1 Å². The number of carboxylic acid groups (broad SMARTS) is 1. The fraction of sp³-hybridized carbons (Fsp3) is 0.200. The van der Waals surface area contributed by atoms with Crippen LogP contribution in [0.4, 0.5) is 0 Å². The Bertz CT molecular complexity index is 818. The number of hydrogen-bond acceptors (Lipinski definition) is 5. The van der Waals surface area contributed by atoms with Crippen LogP contribution < -0.4 is 10.1 Å². The van der Waals surface area contributed by atoms with Gasteiger partial charge in [-0.05, 0) is 17.2 Å². The zero-order chi connectivity index (χ0) is 18.4. The highest BCUT2D eigenvalue weighted by Gasteiger charge is 2.31. The molecule has 2 aromatic carbocycles. The molecule has 2 N–H and O–H groups in total. The molecule has 0 saturated carbocycles. The molecule has 2 aromatic rings. The van der Waals surface area contributed by atoms with Crippen LogP contribution in [0.1, 0.15) is 22.7 Å². The van der Waals surface area contributed by atoms with Crippen molar-refractivity contribution in [1.82, 2.24) is 5.32 Å². The second kappa shape index (κ2) is 8.31. The van der Waals surface area contributed by atoms with Crippen LogP contribution in [0.3, 0.4) is 0 Å². The summed E-state index contributed by atoms with van der Waals surface area (Å²) in [5.74, 6) is -0.381. The maximum Gasteiger partial charge on any atom is 0.325 e. The molecule has 1 unspecified atom stereocenters. The highest BCUT2D eigenvalue weighted by molar-refractivity contribution is 6.07. The molecule has 0 aromatic heterocycles. The van der Waals surface area contributed by atoms with Crippen molar-refractivity contribution < 1.29 is 19.5 Å². The first kappa shape index (κ1) is 17.7. The largest absolute Gasteiger partial charge is 0.489 e. The van der Waals surface area contributed by atoms with Crippen molar-refractivity contribution in [2.75, 3.05) is 13.2 Å². The van der Waals surface area contributed by atoms with Crippen molar-refractivity contribution in [2.45, 2.75) is 12.6 Å². The summed E-state index contributed by atoms with van der Waals surface area (Å²) in [6, 6.07) is 14.2. The van der Waals surface area contributed by atoms with Gasteiger partial charge in [-0.2, -0.15) is 0 Å². The van der Waals surface area contributed by atoms with Gasteiger partial charge in [-0.25, -0.2) is 0 Å². The SMILES string of the molecule is C=CCOc1cccc2c1C(=NOCc1ccccc1)CNC2C(=O)O. The summed E-state index contributed by atoms with van der Waals surface area (Å²) in [6.45, 7) is 4.57. The maximum absolute atomic E-state index is 11.6. The zero-order valence-corrected chi connectivity index (χ0v) is 14.2. The summed E-state index contributed by atoms with van der Waals surface area (Å²) in [5, 5.41) is 16.7. The molecule has 0 bridgehead atoms. The molecular weight excluding hydrogens is 332 g/mol. The van der Waals surface area contributed by atoms with E-state index in [0.29, 0.717) is 35.8 Å². The lowest BCUT2D eigenvalue weighted by Gasteiger charge is -2.26. The molecule has 0 spiro atoms. The molecule has 6 nitrogen and oxygen atoms in total. The number of hydrogen-bond donors (Lipinski definition) is 2. The van der Waals surface area contributed by atoms with Crippen molar-refractivity contribution in [2.24, 2.45) is 5.16 Å². The highest BCUT2D eigenvalue weighted by atomic mass is 16.6. The lowest BCUT2D eigenvalue weighted by molar-refractivity contribution is -0.139. The Morgan fingerprint density at radius 1 is 1.27 bits per heavy atom. The first-order chi connectivity index (χ1) is 12.7. The van der Waals surface area contributed by atoms with E-state index in [1.165, 1.54) is 0 Å².